The largest absolute Gasteiger partial charge is 0.397 e. The first-order valence-corrected chi connectivity index (χ1v) is 6.18. The minimum absolute atomic E-state index is 0.0212. The molecule has 1 fully saturated rings. The standard InChI is InChI=1S/C15H18N2O2/c1-15(2,3)17-13(16-19-4)12(14(17)18)10-11-8-6-5-7-9-11/h5-10H,1-4H3/b12-10-,16-13+. The highest BCUT2D eigenvalue weighted by atomic mass is 16.6. The Labute approximate surface area is 113 Å². The van der Waals surface area contributed by atoms with Gasteiger partial charge in [0.05, 0.1) is 5.57 Å². The van der Waals surface area contributed by atoms with E-state index in [-0.39, 0.29) is 11.4 Å². The number of benzene rings is 1. The summed E-state index contributed by atoms with van der Waals surface area (Å²) in [4.78, 5) is 18.7. The Hall–Kier alpha value is -2.10. The summed E-state index contributed by atoms with van der Waals surface area (Å²) in [5, 5.41) is 3.96. The quantitative estimate of drug-likeness (QED) is 0.465. The first-order valence-electron chi connectivity index (χ1n) is 6.18. The predicted octanol–water partition coefficient (Wildman–Crippen LogP) is 2.67. The first kappa shape index (κ1) is 13.3. The number of rotatable bonds is 2. The van der Waals surface area contributed by atoms with Gasteiger partial charge in [-0.3, -0.25) is 9.69 Å². The van der Waals surface area contributed by atoms with E-state index in [1.807, 2.05) is 57.2 Å². The van der Waals surface area contributed by atoms with Gasteiger partial charge in [-0.1, -0.05) is 35.5 Å². The van der Waals surface area contributed by atoms with Gasteiger partial charge in [0.1, 0.15) is 7.11 Å². The summed E-state index contributed by atoms with van der Waals surface area (Å²) in [5.41, 5.74) is 1.26. The van der Waals surface area contributed by atoms with Crippen molar-refractivity contribution in [3.63, 3.8) is 0 Å². The van der Waals surface area contributed by atoms with Crippen LogP contribution in [0.25, 0.3) is 6.08 Å². The topological polar surface area (TPSA) is 41.9 Å². The summed E-state index contributed by atoms with van der Waals surface area (Å²) in [5.74, 6) is 0.566. The van der Waals surface area contributed by atoms with Gasteiger partial charge >= 0.3 is 0 Å². The molecule has 1 aromatic rings. The summed E-state index contributed by atoms with van der Waals surface area (Å²) in [6.45, 7) is 5.90. The molecule has 4 nitrogen and oxygen atoms in total. The van der Waals surface area contributed by atoms with Crippen LogP contribution in [0.3, 0.4) is 0 Å². The second-order valence-corrected chi connectivity index (χ2v) is 5.38. The molecule has 1 aliphatic heterocycles. The zero-order valence-corrected chi connectivity index (χ0v) is 11.7. The number of nitrogens with zero attached hydrogens (tertiary/aromatic N) is 2. The molecule has 0 unspecified atom stereocenters. The average molecular weight is 258 g/mol. The number of amidine groups is 1. The van der Waals surface area contributed by atoms with Crippen molar-refractivity contribution < 1.29 is 9.63 Å². The van der Waals surface area contributed by atoms with Crippen LogP contribution in [0.1, 0.15) is 26.3 Å². The monoisotopic (exact) mass is 258 g/mol. The van der Waals surface area contributed by atoms with Gasteiger partial charge in [-0.2, -0.15) is 0 Å². The maximum Gasteiger partial charge on any atom is 0.263 e. The molecule has 19 heavy (non-hydrogen) atoms. The Bertz CT molecular complexity index is 539. The van der Waals surface area contributed by atoms with Gasteiger partial charge in [-0.05, 0) is 32.4 Å². The highest BCUT2D eigenvalue weighted by molar-refractivity contribution is 6.38. The fraction of sp³-hybridized carbons (Fsp3) is 0.333. The minimum Gasteiger partial charge on any atom is -0.397 e. The number of hydrogen-bond donors (Lipinski definition) is 0. The Morgan fingerprint density at radius 3 is 2.37 bits per heavy atom. The van der Waals surface area contributed by atoms with E-state index in [0.717, 1.165) is 5.56 Å². The molecule has 1 heterocycles. The van der Waals surface area contributed by atoms with Crippen molar-refractivity contribution in [3.05, 3.63) is 41.5 Å². The van der Waals surface area contributed by atoms with Crippen molar-refractivity contribution in [1.29, 1.82) is 0 Å². The molecule has 1 amide bonds. The minimum atomic E-state index is -0.303. The van der Waals surface area contributed by atoms with Gasteiger partial charge in [-0.15, -0.1) is 0 Å². The molecule has 0 aromatic heterocycles. The number of carbonyl (C=O) groups is 1. The molecule has 100 valence electrons. The van der Waals surface area contributed by atoms with Crippen molar-refractivity contribution in [2.24, 2.45) is 5.16 Å². The van der Waals surface area contributed by atoms with Crippen molar-refractivity contribution in [1.82, 2.24) is 4.90 Å². The summed E-state index contributed by atoms with van der Waals surface area (Å²) >= 11 is 0. The van der Waals surface area contributed by atoms with Crippen molar-refractivity contribution in [3.8, 4) is 0 Å². The van der Waals surface area contributed by atoms with E-state index in [1.165, 1.54) is 7.11 Å². The van der Waals surface area contributed by atoms with Crippen molar-refractivity contribution in [2.75, 3.05) is 7.11 Å². The third-order valence-electron chi connectivity index (χ3n) is 2.85. The molecular weight excluding hydrogens is 240 g/mol. The lowest BCUT2D eigenvalue weighted by Crippen LogP contribution is -2.60. The maximum absolute atomic E-state index is 12.2. The third kappa shape index (κ3) is 2.52. The Morgan fingerprint density at radius 1 is 1.21 bits per heavy atom. The number of carbonyl (C=O) groups excluding carboxylic acids is 1. The lowest BCUT2D eigenvalue weighted by atomic mass is 9.93. The molecule has 0 atom stereocenters. The van der Waals surface area contributed by atoms with Gasteiger partial charge in [0.2, 0.25) is 0 Å². The van der Waals surface area contributed by atoms with Gasteiger partial charge in [0.15, 0.2) is 5.84 Å². The Balaban J connectivity index is 2.36. The second-order valence-electron chi connectivity index (χ2n) is 5.38. The fourth-order valence-electron chi connectivity index (χ4n) is 2.02. The second kappa shape index (κ2) is 4.88. The molecule has 0 aliphatic carbocycles. The van der Waals surface area contributed by atoms with Crippen LogP contribution in [0.2, 0.25) is 0 Å². The van der Waals surface area contributed by atoms with Crippen molar-refractivity contribution in [2.45, 2.75) is 26.3 Å². The predicted molar refractivity (Wildman–Crippen MR) is 75.5 cm³/mol. The average Bonchev–Trinajstić information content (AvgIpc) is 2.35. The van der Waals surface area contributed by atoms with Crippen LogP contribution in [0.15, 0.2) is 41.1 Å². The Kier molecular flexibility index (Phi) is 3.42. The van der Waals surface area contributed by atoms with Crippen LogP contribution in [0.5, 0.6) is 0 Å². The lowest BCUT2D eigenvalue weighted by molar-refractivity contribution is -0.129. The van der Waals surface area contributed by atoms with E-state index in [1.54, 1.807) is 4.90 Å². The number of oxime groups is 1. The molecule has 0 bridgehead atoms. The van der Waals surface area contributed by atoms with Crippen LogP contribution < -0.4 is 0 Å². The Morgan fingerprint density at radius 2 is 1.84 bits per heavy atom. The number of β-lactam (4-membered cyclic amide) rings is 1. The normalized spacial score (nSPS) is 19.8. The smallest absolute Gasteiger partial charge is 0.263 e. The third-order valence-corrected chi connectivity index (χ3v) is 2.85. The van der Waals surface area contributed by atoms with E-state index >= 15 is 0 Å². The fourth-order valence-corrected chi connectivity index (χ4v) is 2.02. The molecule has 1 aromatic carbocycles. The summed E-state index contributed by atoms with van der Waals surface area (Å²) < 4.78 is 0. The van der Waals surface area contributed by atoms with Crippen LogP contribution in [-0.2, 0) is 9.63 Å². The maximum atomic E-state index is 12.2. The van der Waals surface area contributed by atoms with E-state index in [9.17, 15) is 4.79 Å². The SMILES string of the molecule is CO/N=C1\C(=C\c2ccccc2)C(=O)N1C(C)(C)C. The molecule has 0 spiro atoms. The zero-order chi connectivity index (χ0) is 14.0. The van der Waals surface area contributed by atoms with Crippen LogP contribution >= 0.6 is 0 Å². The molecule has 1 aliphatic rings. The molecule has 0 radical (unpaired) electrons. The van der Waals surface area contributed by atoms with E-state index in [0.29, 0.717) is 11.4 Å². The molecule has 1 saturated heterocycles. The molecule has 4 heteroatoms. The van der Waals surface area contributed by atoms with Gasteiger partial charge in [-0.25, -0.2) is 0 Å². The highest BCUT2D eigenvalue weighted by Gasteiger charge is 2.45. The molecule has 0 N–H and O–H groups in total. The van der Waals surface area contributed by atoms with Gasteiger partial charge in [0, 0.05) is 5.54 Å². The highest BCUT2D eigenvalue weighted by Crippen LogP contribution is 2.30. The van der Waals surface area contributed by atoms with Gasteiger partial charge in [0.25, 0.3) is 5.91 Å². The van der Waals surface area contributed by atoms with Crippen LogP contribution in [0, 0.1) is 0 Å². The number of likely N-dealkylation sites (tertiary alicyclic amines) is 1. The summed E-state index contributed by atoms with van der Waals surface area (Å²) in [6.07, 6.45) is 1.84. The molecule has 2 rings (SSSR count). The summed E-state index contributed by atoms with van der Waals surface area (Å²) in [7, 11) is 1.48. The van der Waals surface area contributed by atoms with Gasteiger partial charge < -0.3 is 4.84 Å². The first-order chi connectivity index (χ1) is 8.95. The van der Waals surface area contributed by atoms with E-state index < -0.39 is 0 Å². The van der Waals surface area contributed by atoms with Crippen molar-refractivity contribution >= 4 is 17.8 Å². The van der Waals surface area contributed by atoms with Crippen LogP contribution in [0.4, 0.5) is 0 Å². The molecule has 0 saturated carbocycles. The zero-order valence-electron chi connectivity index (χ0n) is 11.7. The number of hydrogen-bond acceptors (Lipinski definition) is 3. The number of amides is 1. The van der Waals surface area contributed by atoms with E-state index in [2.05, 4.69) is 5.16 Å². The molecular formula is C15H18N2O2. The lowest BCUT2D eigenvalue weighted by Gasteiger charge is -2.43. The summed E-state index contributed by atoms with van der Waals surface area (Å²) in [6, 6.07) is 9.71. The van der Waals surface area contributed by atoms with E-state index in [4.69, 9.17) is 4.84 Å². The van der Waals surface area contributed by atoms with Crippen LogP contribution in [-0.4, -0.2) is 29.3 Å².